The molecule has 1 unspecified atom stereocenters. The summed E-state index contributed by atoms with van der Waals surface area (Å²) in [4.78, 5) is 16.9. The molecule has 1 heterocycles. The van der Waals surface area contributed by atoms with Gasteiger partial charge < -0.3 is 10.5 Å². The first kappa shape index (κ1) is 18.2. The lowest BCUT2D eigenvalue weighted by Gasteiger charge is -2.25. The molecule has 0 aromatic carbocycles. The van der Waals surface area contributed by atoms with E-state index in [-0.39, 0.29) is 24.4 Å². The van der Waals surface area contributed by atoms with Crippen molar-refractivity contribution in [3.05, 3.63) is 11.1 Å². The third kappa shape index (κ3) is 5.80. The van der Waals surface area contributed by atoms with Crippen molar-refractivity contribution in [3.63, 3.8) is 0 Å². The molecule has 0 spiro atoms. The molecule has 1 aromatic rings. The summed E-state index contributed by atoms with van der Waals surface area (Å²) in [6, 6.07) is -0.230. The first-order valence-electron chi connectivity index (χ1n) is 7.20. The van der Waals surface area contributed by atoms with Gasteiger partial charge in [-0.05, 0) is 12.3 Å². The van der Waals surface area contributed by atoms with Crippen LogP contribution < -0.4 is 11.1 Å². The Hall–Kier alpha value is -0.850. The smallest absolute Gasteiger partial charge is 0.322 e. The summed E-state index contributed by atoms with van der Waals surface area (Å²) in [6.07, 6.45) is 8.95. The molecule has 0 amide bonds. The highest BCUT2D eigenvalue weighted by atomic mass is 35.5. The number of hydrogen-bond acceptors (Lipinski definition) is 6. The SMILES string of the molecule is COC(=O)C(CC1CCCCC1)NCc1cnc(N)s1.Cl. The number of aromatic nitrogens is 1. The number of ether oxygens (including phenoxy) is 1. The highest BCUT2D eigenvalue weighted by molar-refractivity contribution is 7.15. The zero-order chi connectivity index (χ0) is 14.4. The Bertz CT molecular complexity index is 436. The predicted molar refractivity (Wildman–Crippen MR) is 87.6 cm³/mol. The molecule has 1 fully saturated rings. The van der Waals surface area contributed by atoms with Crippen LogP contribution in [0.5, 0.6) is 0 Å². The third-order valence-corrected chi connectivity index (χ3v) is 4.70. The minimum atomic E-state index is -0.230. The van der Waals surface area contributed by atoms with Gasteiger partial charge in [-0.15, -0.1) is 23.7 Å². The van der Waals surface area contributed by atoms with E-state index in [2.05, 4.69) is 10.3 Å². The third-order valence-electron chi connectivity index (χ3n) is 3.87. The summed E-state index contributed by atoms with van der Waals surface area (Å²) in [6.45, 7) is 0.612. The average molecular weight is 334 g/mol. The van der Waals surface area contributed by atoms with E-state index in [1.807, 2.05) is 0 Å². The number of anilines is 1. The second-order valence-corrected chi connectivity index (χ2v) is 6.51. The number of nitrogen functional groups attached to an aromatic ring is 1. The average Bonchev–Trinajstić information content (AvgIpc) is 2.89. The molecule has 1 aliphatic carbocycles. The van der Waals surface area contributed by atoms with Gasteiger partial charge >= 0.3 is 5.97 Å². The van der Waals surface area contributed by atoms with E-state index < -0.39 is 0 Å². The van der Waals surface area contributed by atoms with Crippen LogP contribution in [-0.4, -0.2) is 24.1 Å². The fraction of sp³-hybridized carbons (Fsp3) is 0.714. The van der Waals surface area contributed by atoms with Crippen LogP contribution >= 0.6 is 23.7 Å². The van der Waals surface area contributed by atoms with Crippen molar-refractivity contribution in [2.24, 2.45) is 5.92 Å². The van der Waals surface area contributed by atoms with Crippen LogP contribution in [0.4, 0.5) is 5.13 Å². The standard InChI is InChI=1S/C14H23N3O2S.ClH/c1-19-13(18)12(7-10-5-3-2-4-6-10)16-8-11-9-17-14(15)20-11;/h9-10,12,16H,2-8H2,1H3,(H2,15,17);1H. The molecular formula is C14H24ClN3O2S. The summed E-state index contributed by atoms with van der Waals surface area (Å²) in [5, 5.41) is 3.85. The van der Waals surface area contributed by atoms with E-state index >= 15 is 0 Å². The topological polar surface area (TPSA) is 77.2 Å². The van der Waals surface area contributed by atoms with Gasteiger partial charge in [0, 0.05) is 17.6 Å². The van der Waals surface area contributed by atoms with Crippen LogP contribution in [0.2, 0.25) is 0 Å². The fourth-order valence-electron chi connectivity index (χ4n) is 2.79. The molecule has 0 saturated heterocycles. The first-order chi connectivity index (χ1) is 9.69. The Morgan fingerprint density at radius 2 is 2.24 bits per heavy atom. The van der Waals surface area contributed by atoms with Crippen LogP contribution in [0.15, 0.2) is 6.20 Å². The van der Waals surface area contributed by atoms with Crippen LogP contribution in [0.25, 0.3) is 0 Å². The van der Waals surface area contributed by atoms with E-state index in [0.717, 1.165) is 11.3 Å². The van der Waals surface area contributed by atoms with E-state index in [9.17, 15) is 4.79 Å². The molecule has 3 N–H and O–H groups in total. The summed E-state index contributed by atoms with van der Waals surface area (Å²) >= 11 is 1.45. The molecule has 2 rings (SSSR count). The number of methoxy groups -OCH3 is 1. The number of carbonyl (C=O) groups excluding carboxylic acids is 1. The number of hydrogen-bond donors (Lipinski definition) is 2. The molecular weight excluding hydrogens is 310 g/mol. The minimum absolute atomic E-state index is 0. The molecule has 7 heteroatoms. The molecule has 5 nitrogen and oxygen atoms in total. The van der Waals surface area contributed by atoms with Crippen LogP contribution in [0, 0.1) is 5.92 Å². The van der Waals surface area contributed by atoms with Crippen molar-refractivity contribution >= 4 is 34.8 Å². The van der Waals surface area contributed by atoms with Crippen molar-refractivity contribution in [3.8, 4) is 0 Å². The van der Waals surface area contributed by atoms with Crippen molar-refractivity contribution in [1.29, 1.82) is 0 Å². The van der Waals surface area contributed by atoms with Crippen molar-refractivity contribution in [2.75, 3.05) is 12.8 Å². The van der Waals surface area contributed by atoms with Gasteiger partial charge in [-0.1, -0.05) is 32.1 Å². The second-order valence-electron chi connectivity index (χ2n) is 5.36. The Morgan fingerprint density at radius 3 is 2.81 bits per heavy atom. The molecule has 1 atom stereocenters. The molecule has 0 aliphatic heterocycles. The zero-order valence-electron chi connectivity index (χ0n) is 12.3. The molecule has 120 valence electrons. The lowest BCUT2D eigenvalue weighted by Crippen LogP contribution is -2.39. The van der Waals surface area contributed by atoms with E-state index in [1.54, 1.807) is 6.20 Å². The number of nitrogens with two attached hydrogens (primary N) is 1. The van der Waals surface area contributed by atoms with Gasteiger partial charge in [0.2, 0.25) is 0 Å². The zero-order valence-corrected chi connectivity index (χ0v) is 14.0. The fourth-order valence-corrected chi connectivity index (χ4v) is 3.42. The number of carbonyl (C=O) groups is 1. The van der Waals surface area contributed by atoms with Gasteiger partial charge in [-0.2, -0.15) is 0 Å². The predicted octanol–water partition coefficient (Wildman–Crippen LogP) is 2.75. The summed E-state index contributed by atoms with van der Waals surface area (Å²) in [5.41, 5.74) is 5.61. The molecule has 1 aliphatic rings. The largest absolute Gasteiger partial charge is 0.468 e. The lowest BCUT2D eigenvalue weighted by atomic mass is 9.85. The van der Waals surface area contributed by atoms with Crippen molar-refractivity contribution in [1.82, 2.24) is 10.3 Å². The molecule has 0 radical (unpaired) electrons. The Morgan fingerprint density at radius 1 is 1.52 bits per heavy atom. The summed E-state index contributed by atoms with van der Waals surface area (Å²) in [5.74, 6) is 0.458. The highest BCUT2D eigenvalue weighted by Crippen LogP contribution is 2.27. The Labute approximate surface area is 136 Å². The van der Waals surface area contributed by atoms with Gasteiger partial charge in [0.1, 0.15) is 6.04 Å². The minimum Gasteiger partial charge on any atom is -0.468 e. The van der Waals surface area contributed by atoms with Crippen molar-refractivity contribution < 1.29 is 9.53 Å². The van der Waals surface area contributed by atoms with Crippen LogP contribution in [-0.2, 0) is 16.1 Å². The summed E-state index contributed by atoms with van der Waals surface area (Å²) < 4.78 is 4.91. The van der Waals surface area contributed by atoms with E-state index in [1.165, 1.54) is 50.6 Å². The maximum absolute atomic E-state index is 11.9. The number of rotatable bonds is 6. The van der Waals surface area contributed by atoms with Gasteiger partial charge in [-0.25, -0.2) is 4.98 Å². The number of thiazole rings is 1. The van der Waals surface area contributed by atoms with Gasteiger partial charge in [-0.3, -0.25) is 10.1 Å². The maximum atomic E-state index is 11.9. The van der Waals surface area contributed by atoms with Crippen LogP contribution in [0.3, 0.4) is 0 Å². The number of halogens is 1. The molecule has 21 heavy (non-hydrogen) atoms. The monoisotopic (exact) mass is 333 g/mol. The lowest BCUT2D eigenvalue weighted by molar-refractivity contribution is -0.143. The quantitative estimate of drug-likeness (QED) is 0.783. The van der Waals surface area contributed by atoms with E-state index in [4.69, 9.17) is 10.5 Å². The second kappa shape index (κ2) is 9.23. The first-order valence-corrected chi connectivity index (χ1v) is 8.02. The number of nitrogens with one attached hydrogen (secondary N) is 1. The van der Waals surface area contributed by atoms with Gasteiger partial charge in [0.15, 0.2) is 5.13 Å². The molecule has 0 bridgehead atoms. The van der Waals surface area contributed by atoms with Gasteiger partial charge in [0.05, 0.1) is 7.11 Å². The molecule has 1 saturated carbocycles. The van der Waals surface area contributed by atoms with Crippen LogP contribution in [0.1, 0.15) is 43.4 Å². The maximum Gasteiger partial charge on any atom is 0.322 e. The Kier molecular flexibility index (Phi) is 8.00. The molecule has 1 aromatic heterocycles. The number of esters is 1. The normalized spacial score (nSPS) is 17.0. The van der Waals surface area contributed by atoms with E-state index in [0.29, 0.717) is 17.6 Å². The highest BCUT2D eigenvalue weighted by Gasteiger charge is 2.24. The summed E-state index contributed by atoms with van der Waals surface area (Å²) in [7, 11) is 1.45. The van der Waals surface area contributed by atoms with Gasteiger partial charge in [0.25, 0.3) is 0 Å². The Balaban J connectivity index is 0.00000220. The number of nitrogens with zero attached hydrogens (tertiary/aromatic N) is 1. The van der Waals surface area contributed by atoms with Crippen molar-refractivity contribution in [2.45, 2.75) is 51.1 Å².